The van der Waals surface area contributed by atoms with Crippen molar-refractivity contribution in [2.24, 2.45) is 0 Å². The maximum atomic E-state index is 4.66. The summed E-state index contributed by atoms with van der Waals surface area (Å²) in [5.41, 5.74) is 1.33. The Morgan fingerprint density at radius 3 is 3.00 bits per heavy atom. The molecule has 0 amide bonds. The summed E-state index contributed by atoms with van der Waals surface area (Å²) in [6.45, 7) is 5.49. The molecule has 2 nitrogen and oxygen atoms in total. The smallest absolute Gasteiger partial charge is 0.0900 e. The van der Waals surface area contributed by atoms with Gasteiger partial charge in [0.2, 0.25) is 0 Å². The molecular weight excluding hydrogens is 192 g/mol. The van der Waals surface area contributed by atoms with Gasteiger partial charge in [-0.25, -0.2) is 4.98 Å². The lowest BCUT2D eigenvalue weighted by Crippen LogP contribution is -2.27. The lowest BCUT2D eigenvalue weighted by atomic mass is 10.0. The Labute approximate surface area is 89.8 Å². The Bertz CT molecular complexity index is 300. The highest BCUT2D eigenvalue weighted by molar-refractivity contribution is 7.11. The molecule has 3 heteroatoms. The SMILES string of the molecule is CCc1sc(C)nc1C1CCCCN1. The zero-order valence-corrected chi connectivity index (χ0v) is 9.78. The van der Waals surface area contributed by atoms with Crippen molar-refractivity contribution in [1.82, 2.24) is 10.3 Å². The van der Waals surface area contributed by atoms with Crippen molar-refractivity contribution in [1.29, 1.82) is 0 Å². The maximum absolute atomic E-state index is 4.66. The maximum Gasteiger partial charge on any atom is 0.0900 e. The van der Waals surface area contributed by atoms with Crippen LogP contribution >= 0.6 is 11.3 Å². The van der Waals surface area contributed by atoms with E-state index in [-0.39, 0.29) is 0 Å². The molecule has 1 atom stereocenters. The number of aryl methyl sites for hydroxylation is 2. The van der Waals surface area contributed by atoms with Gasteiger partial charge in [0.15, 0.2) is 0 Å². The van der Waals surface area contributed by atoms with Crippen molar-refractivity contribution in [3.8, 4) is 0 Å². The number of thiazole rings is 1. The summed E-state index contributed by atoms with van der Waals surface area (Å²) in [6.07, 6.45) is 5.05. The van der Waals surface area contributed by atoms with Gasteiger partial charge in [0.05, 0.1) is 16.7 Å². The zero-order chi connectivity index (χ0) is 9.97. The van der Waals surface area contributed by atoms with Gasteiger partial charge in [-0.05, 0) is 32.7 Å². The van der Waals surface area contributed by atoms with Crippen LogP contribution in [-0.2, 0) is 6.42 Å². The normalized spacial score (nSPS) is 22.6. The van der Waals surface area contributed by atoms with Crippen LogP contribution in [0.25, 0.3) is 0 Å². The second-order valence-corrected chi connectivity index (χ2v) is 5.19. The van der Waals surface area contributed by atoms with E-state index in [0.717, 1.165) is 13.0 Å². The van der Waals surface area contributed by atoms with Crippen LogP contribution < -0.4 is 5.32 Å². The van der Waals surface area contributed by atoms with Crippen molar-refractivity contribution in [3.63, 3.8) is 0 Å². The Balaban J connectivity index is 2.20. The number of rotatable bonds is 2. The number of nitrogens with one attached hydrogen (secondary N) is 1. The molecule has 1 aliphatic heterocycles. The first-order chi connectivity index (χ1) is 6.81. The summed E-state index contributed by atoms with van der Waals surface area (Å²) in [6, 6.07) is 0.531. The Hall–Kier alpha value is -0.410. The van der Waals surface area contributed by atoms with Crippen molar-refractivity contribution in [2.45, 2.75) is 45.6 Å². The van der Waals surface area contributed by atoms with E-state index in [1.807, 2.05) is 11.3 Å². The van der Waals surface area contributed by atoms with Crippen LogP contribution in [0, 0.1) is 6.92 Å². The first-order valence-electron chi connectivity index (χ1n) is 5.51. The topological polar surface area (TPSA) is 24.9 Å². The van der Waals surface area contributed by atoms with Gasteiger partial charge in [-0.3, -0.25) is 0 Å². The lowest BCUT2D eigenvalue weighted by Gasteiger charge is -2.22. The van der Waals surface area contributed by atoms with E-state index < -0.39 is 0 Å². The summed E-state index contributed by atoms with van der Waals surface area (Å²) in [5, 5.41) is 4.78. The molecule has 0 bridgehead atoms. The molecule has 0 spiro atoms. The molecule has 1 aromatic rings. The van der Waals surface area contributed by atoms with E-state index in [2.05, 4.69) is 24.1 Å². The van der Waals surface area contributed by atoms with Gasteiger partial charge in [0, 0.05) is 4.88 Å². The van der Waals surface area contributed by atoms with Crippen molar-refractivity contribution >= 4 is 11.3 Å². The molecule has 2 rings (SSSR count). The summed E-state index contributed by atoms with van der Waals surface area (Å²) in [4.78, 5) is 6.14. The molecule has 1 saturated heterocycles. The van der Waals surface area contributed by atoms with Gasteiger partial charge in [-0.2, -0.15) is 0 Å². The average Bonchev–Trinajstić information content (AvgIpc) is 2.61. The average molecular weight is 210 g/mol. The van der Waals surface area contributed by atoms with Gasteiger partial charge >= 0.3 is 0 Å². The molecule has 0 aliphatic carbocycles. The molecule has 0 saturated carbocycles. The lowest BCUT2D eigenvalue weighted by molar-refractivity contribution is 0.404. The molecule has 1 fully saturated rings. The zero-order valence-electron chi connectivity index (χ0n) is 8.97. The summed E-state index contributed by atoms with van der Waals surface area (Å²) in [5.74, 6) is 0. The highest BCUT2D eigenvalue weighted by Gasteiger charge is 2.20. The second-order valence-electron chi connectivity index (χ2n) is 3.90. The molecule has 1 unspecified atom stereocenters. The Morgan fingerprint density at radius 2 is 2.36 bits per heavy atom. The third-order valence-corrected chi connectivity index (χ3v) is 3.93. The highest BCUT2D eigenvalue weighted by atomic mass is 32.1. The van der Waals surface area contributed by atoms with E-state index in [9.17, 15) is 0 Å². The van der Waals surface area contributed by atoms with E-state index in [1.165, 1.54) is 34.8 Å². The molecule has 1 aliphatic rings. The number of nitrogens with zero attached hydrogens (tertiary/aromatic N) is 1. The fraction of sp³-hybridized carbons (Fsp3) is 0.727. The Kier molecular flexibility index (Phi) is 3.19. The number of aromatic nitrogens is 1. The van der Waals surface area contributed by atoms with E-state index in [4.69, 9.17) is 0 Å². The van der Waals surface area contributed by atoms with Gasteiger partial charge in [-0.1, -0.05) is 13.3 Å². The summed E-state index contributed by atoms with van der Waals surface area (Å²) >= 11 is 1.86. The molecule has 2 heterocycles. The minimum Gasteiger partial charge on any atom is -0.309 e. The molecular formula is C11H18N2S. The predicted octanol–water partition coefficient (Wildman–Crippen LogP) is 2.83. The fourth-order valence-corrected chi connectivity index (χ4v) is 3.03. The van der Waals surface area contributed by atoms with E-state index >= 15 is 0 Å². The largest absolute Gasteiger partial charge is 0.309 e. The van der Waals surface area contributed by atoms with Crippen LogP contribution in [0.2, 0.25) is 0 Å². The number of hydrogen-bond donors (Lipinski definition) is 1. The first-order valence-corrected chi connectivity index (χ1v) is 6.32. The van der Waals surface area contributed by atoms with Crippen molar-refractivity contribution < 1.29 is 0 Å². The monoisotopic (exact) mass is 210 g/mol. The minimum absolute atomic E-state index is 0.531. The summed E-state index contributed by atoms with van der Waals surface area (Å²) < 4.78 is 0. The van der Waals surface area contributed by atoms with Crippen LogP contribution in [0.4, 0.5) is 0 Å². The van der Waals surface area contributed by atoms with Crippen LogP contribution in [0.3, 0.4) is 0 Å². The van der Waals surface area contributed by atoms with Crippen molar-refractivity contribution in [2.75, 3.05) is 6.54 Å². The van der Waals surface area contributed by atoms with Crippen LogP contribution in [0.1, 0.15) is 47.8 Å². The van der Waals surface area contributed by atoms with Crippen LogP contribution in [0.5, 0.6) is 0 Å². The van der Waals surface area contributed by atoms with Crippen LogP contribution in [-0.4, -0.2) is 11.5 Å². The first kappa shape index (κ1) is 10.1. The highest BCUT2D eigenvalue weighted by Crippen LogP contribution is 2.29. The van der Waals surface area contributed by atoms with Gasteiger partial charge < -0.3 is 5.32 Å². The predicted molar refractivity (Wildman–Crippen MR) is 60.8 cm³/mol. The molecule has 0 aromatic carbocycles. The Morgan fingerprint density at radius 1 is 1.50 bits per heavy atom. The summed E-state index contributed by atoms with van der Waals surface area (Å²) in [7, 11) is 0. The molecule has 1 aromatic heterocycles. The van der Waals surface area contributed by atoms with Gasteiger partial charge in [0.25, 0.3) is 0 Å². The van der Waals surface area contributed by atoms with E-state index in [0.29, 0.717) is 6.04 Å². The molecule has 14 heavy (non-hydrogen) atoms. The fourth-order valence-electron chi connectivity index (χ4n) is 2.10. The number of piperidine rings is 1. The van der Waals surface area contributed by atoms with Gasteiger partial charge in [0.1, 0.15) is 0 Å². The minimum atomic E-state index is 0.531. The molecule has 0 radical (unpaired) electrons. The molecule has 1 N–H and O–H groups in total. The quantitative estimate of drug-likeness (QED) is 0.812. The number of hydrogen-bond acceptors (Lipinski definition) is 3. The standard InChI is InChI=1S/C11H18N2S/c1-3-10-11(13-8(2)14-10)9-6-4-5-7-12-9/h9,12H,3-7H2,1-2H3. The van der Waals surface area contributed by atoms with Gasteiger partial charge in [-0.15, -0.1) is 11.3 Å². The second kappa shape index (κ2) is 4.41. The third-order valence-electron chi connectivity index (χ3n) is 2.80. The van der Waals surface area contributed by atoms with E-state index in [1.54, 1.807) is 0 Å². The van der Waals surface area contributed by atoms with Crippen LogP contribution in [0.15, 0.2) is 0 Å². The van der Waals surface area contributed by atoms with Crippen molar-refractivity contribution in [3.05, 3.63) is 15.6 Å². The third kappa shape index (κ3) is 1.98. The molecule has 78 valence electrons.